The lowest BCUT2D eigenvalue weighted by Gasteiger charge is -2.25. The smallest absolute Gasteiger partial charge is 0.0602 e. The molecule has 1 aromatic carbocycles. The molecule has 19 heavy (non-hydrogen) atoms. The molecule has 0 saturated carbocycles. The van der Waals surface area contributed by atoms with Crippen molar-refractivity contribution in [1.29, 1.82) is 0 Å². The quantitative estimate of drug-likeness (QED) is 0.899. The fourth-order valence-electron chi connectivity index (χ4n) is 3.13. The molecule has 0 aliphatic carbocycles. The molecule has 0 radical (unpaired) electrons. The summed E-state index contributed by atoms with van der Waals surface area (Å²) in [6.45, 7) is 4.37. The zero-order chi connectivity index (χ0) is 12.9. The van der Waals surface area contributed by atoms with E-state index in [4.69, 9.17) is 4.74 Å². The standard InChI is InChI=1S/C16H24N2O/c1-2-9-16-15(8-1)17-10-5-12-18(16)11-3-6-14-7-4-13-19-14/h1-2,8-9,14,17H,3-7,10-13H2. The van der Waals surface area contributed by atoms with Crippen LogP contribution in [0.25, 0.3) is 0 Å². The van der Waals surface area contributed by atoms with E-state index in [9.17, 15) is 0 Å². The van der Waals surface area contributed by atoms with Crippen molar-refractivity contribution in [3.8, 4) is 0 Å². The molecule has 2 aliphatic rings. The van der Waals surface area contributed by atoms with Crippen molar-refractivity contribution in [2.24, 2.45) is 0 Å². The zero-order valence-corrected chi connectivity index (χ0v) is 11.6. The Bertz CT molecular complexity index is 401. The number of hydrogen-bond donors (Lipinski definition) is 1. The van der Waals surface area contributed by atoms with Gasteiger partial charge in [0.1, 0.15) is 0 Å². The van der Waals surface area contributed by atoms with Crippen LogP contribution in [0.1, 0.15) is 32.1 Å². The Hall–Kier alpha value is -1.22. The summed E-state index contributed by atoms with van der Waals surface area (Å²) in [6, 6.07) is 8.67. The molecule has 1 aromatic rings. The van der Waals surface area contributed by atoms with Crippen LogP contribution < -0.4 is 10.2 Å². The number of para-hydroxylation sites is 2. The van der Waals surface area contributed by atoms with Crippen molar-refractivity contribution in [1.82, 2.24) is 0 Å². The lowest BCUT2D eigenvalue weighted by Crippen LogP contribution is -2.25. The molecule has 1 atom stereocenters. The second-order valence-corrected chi connectivity index (χ2v) is 5.56. The van der Waals surface area contributed by atoms with Gasteiger partial charge in [0, 0.05) is 26.2 Å². The Kier molecular flexibility index (Phi) is 4.23. The third-order valence-electron chi connectivity index (χ3n) is 4.14. The second-order valence-electron chi connectivity index (χ2n) is 5.56. The Balaban J connectivity index is 1.57. The maximum Gasteiger partial charge on any atom is 0.0602 e. The van der Waals surface area contributed by atoms with E-state index in [0.717, 1.165) is 26.2 Å². The van der Waals surface area contributed by atoms with Crippen molar-refractivity contribution in [2.45, 2.75) is 38.2 Å². The summed E-state index contributed by atoms with van der Waals surface area (Å²) in [6.07, 6.45) is 6.71. The predicted octanol–water partition coefficient (Wildman–Crippen LogP) is 3.27. The average Bonchev–Trinajstić information content (AvgIpc) is 2.87. The number of nitrogens with zero attached hydrogens (tertiary/aromatic N) is 1. The topological polar surface area (TPSA) is 24.5 Å². The fraction of sp³-hybridized carbons (Fsp3) is 0.625. The molecule has 1 fully saturated rings. The molecule has 0 spiro atoms. The summed E-state index contributed by atoms with van der Waals surface area (Å²) >= 11 is 0. The Morgan fingerprint density at radius 3 is 3.11 bits per heavy atom. The highest BCUT2D eigenvalue weighted by Gasteiger charge is 2.17. The first-order valence-corrected chi connectivity index (χ1v) is 7.63. The number of benzene rings is 1. The molecule has 0 amide bonds. The molecule has 104 valence electrons. The molecule has 0 aromatic heterocycles. The normalized spacial score (nSPS) is 22.7. The molecule has 1 saturated heterocycles. The number of ether oxygens (including phenoxy) is 1. The summed E-state index contributed by atoms with van der Waals surface area (Å²) in [5.41, 5.74) is 2.66. The SMILES string of the molecule is c1ccc2c(c1)NCCCN2CCCC1CCCO1. The van der Waals surface area contributed by atoms with Crippen LogP contribution in [0.4, 0.5) is 11.4 Å². The van der Waals surface area contributed by atoms with E-state index in [1.807, 2.05) is 0 Å². The molecule has 0 bridgehead atoms. The van der Waals surface area contributed by atoms with Gasteiger partial charge in [0.25, 0.3) is 0 Å². The van der Waals surface area contributed by atoms with E-state index in [-0.39, 0.29) is 0 Å². The van der Waals surface area contributed by atoms with E-state index < -0.39 is 0 Å². The molecule has 1 N–H and O–H groups in total. The van der Waals surface area contributed by atoms with Gasteiger partial charge in [0.2, 0.25) is 0 Å². The molecule has 3 nitrogen and oxygen atoms in total. The van der Waals surface area contributed by atoms with Gasteiger partial charge in [-0.15, -0.1) is 0 Å². The summed E-state index contributed by atoms with van der Waals surface area (Å²) in [4.78, 5) is 2.53. The molecular weight excluding hydrogens is 236 g/mol. The van der Waals surface area contributed by atoms with E-state index >= 15 is 0 Å². The fourth-order valence-corrected chi connectivity index (χ4v) is 3.13. The van der Waals surface area contributed by atoms with Crippen LogP contribution in [0.3, 0.4) is 0 Å². The number of nitrogens with one attached hydrogen (secondary N) is 1. The highest BCUT2D eigenvalue weighted by atomic mass is 16.5. The van der Waals surface area contributed by atoms with Crippen LogP contribution >= 0.6 is 0 Å². The van der Waals surface area contributed by atoms with Crippen molar-refractivity contribution >= 4 is 11.4 Å². The molecule has 3 rings (SSSR count). The lowest BCUT2D eigenvalue weighted by atomic mass is 10.1. The van der Waals surface area contributed by atoms with Gasteiger partial charge in [-0.05, 0) is 44.2 Å². The number of rotatable bonds is 4. The third-order valence-corrected chi connectivity index (χ3v) is 4.14. The van der Waals surface area contributed by atoms with E-state index in [2.05, 4.69) is 34.5 Å². The summed E-state index contributed by atoms with van der Waals surface area (Å²) in [5, 5.41) is 3.52. The molecule has 1 unspecified atom stereocenters. The minimum absolute atomic E-state index is 0.528. The van der Waals surface area contributed by atoms with Crippen LogP contribution in [-0.4, -0.2) is 32.3 Å². The summed E-state index contributed by atoms with van der Waals surface area (Å²) in [7, 11) is 0. The van der Waals surface area contributed by atoms with Crippen molar-refractivity contribution in [3.63, 3.8) is 0 Å². The van der Waals surface area contributed by atoms with Gasteiger partial charge >= 0.3 is 0 Å². The lowest BCUT2D eigenvalue weighted by molar-refractivity contribution is 0.103. The maximum atomic E-state index is 5.71. The van der Waals surface area contributed by atoms with E-state index in [1.54, 1.807) is 0 Å². The summed E-state index contributed by atoms with van der Waals surface area (Å²) < 4.78 is 5.71. The van der Waals surface area contributed by atoms with Gasteiger partial charge in [0.15, 0.2) is 0 Å². The summed E-state index contributed by atoms with van der Waals surface area (Å²) in [5.74, 6) is 0. The van der Waals surface area contributed by atoms with Gasteiger partial charge in [0.05, 0.1) is 17.5 Å². The van der Waals surface area contributed by atoms with Crippen LogP contribution in [0.2, 0.25) is 0 Å². The van der Waals surface area contributed by atoms with Crippen molar-refractivity contribution in [3.05, 3.63) is 24.3 Å². The monoisotopic (exact) mass is 260 g/mol. The van der Waals surface area contributed by atoms with Gasteiger partial charge in [-0.1, -0.05) is 12.1 Å². The van der Waals surface area contributed by atoms with E-state index in [0.29, 0.717) is 6.10 Å². The van der Waals surface area contributed by atoms with Gasteiger partial charge < -0.3 is 15.0 Å². The minimum Gasteiger partial charge on any atom is -0.383 e. The number of anilines is 2. The predicted molar refractivity (Wildman–Crippen MR) is 80.0 cm³/mol. The molecule has 2 aliphatic heterocycles. The maximum absolute atomic E-state index is 5.71. The zero-order valence-electron chi connectivity index (χ0n) is 11.6. The first-order valence-electron chi connectivity index (χ1n) is 7.63. The average molecular weight is 260 g/mol. The first-order chi connectivity index (χ1) is 9.43. The second kappa shape index (κ2) is 6.29. The van der Waals surface area contributed by atoms with Crippen molar-refractivity contribution in [2.75, 3.05) is 36.5 Å². The Labute approximate surface area is 115 Å². The van der Waals surface area contributed by atoms with Gasteiger partial charge in [-0.2, -0.15) is 0 Å². The van der Waals surface area contributed by atoms with Gasteiger partial charge in [-0.3, -0.25) is 0 Å². The Morgan fingerprint density at radius 2 is 2.21 bits per heavy atom. The minimum atomic E-state index is 0.528. The molecule has 3 heteroatoms. The van der Waals surface area contributed by atoms with Crippen molar-refractivity contribution < 1.29 is 4.74 Å². The largest absolute Gasteiger partial charge is 0.383 e. The first kappa shape index (κ1) is 12.8. The van der Waals surface area contributed by atoms with Crippen LogP contribution in [0.5, 0.6) is 0 Å². The molecule has 2 heterocycles. The van der Waals surface area contributed by atoms with Crippen LogP contribution in [0, 0.1) is 0 Å². The van der Waals surface area contributed by atoms with Crippen LogP contribution in [-0.2, 0) is 4.74 Å². The molecular formula is C16H24N2O. The van der Waals surface area contributed by atoms with Gasteiger partial charge in [-0.25, -0.2) is 0 Å². The third kappa shape index (κ3) is 3.21. The number of hydrogen-bond acceptors (Lipinski definition) is 3. The van der Waals surface area contributed by atoms with E-state index in [1.165, 1.54) is 43.5 Å². The Morgan fingerprint density at radius 1 is 1.26 bits per heavy atom. The van der Waals surface area contributed by atoms with Crippen LogP contribution in [0.15, 0.2) is 24.3 Å². The number of fused-ring (bicyclic) bond motifs is 1. The highest BCUT2D eigenvalue weighted by molar-refractivity contribution is 5.70. The highest BCUT2D eigenvalue weighted by Crippen LogP contribution is 2.28.